The maximum atomic E-state index is 13.2. The summed E-state index contributed by atoms with van der Waals surface area (Å²) < 4.78 is 18.4. The van der Waals surface area contributed by atoms with Crippen molar-refractivity contribution in [1.29, 1.82) is 0 Å². The van der Waals surface area contributed by atoms with E-state index in [1.807, 2.05) is 0 Å². The average molecular weight is 233 g/mol. The number of benzene rings is 1. The number of methoxy groups -OCH3 is 1. The monoisotopic (exact) mass is 233 g/mol. The Bertz CT molecular complexity index is 557. The fourth-order valence-electron chi connectivity index (χ4n) is 1.46. The molecule has 1 heterocycles. The number of nitrogens with two attached hydrogens (primary N) is 1. The summed E-state index contributed by atoms with van der Waals surface area (Å²) in [6.45, 7) is 1.77. The van der Waals surface area contributed by atoms with E-state index in [2.05, 4.69) is 9.97 Å². The molecule has 1 aromatic heterocycles. The highest BCUT2D eigenvalue weighted by molar-refractivity contribution is 5.65. The van der Waals surface area contributed by atoms with Gasteiger partial charge < -0.3 is 10.5 Å². The van der Waals surface area contributed by atoms with Gasteiger partial charge in [-0.15, -0.1) is 0 Å². The van der Waals surface area contributed by atoms with Gasteiger partial charge >= 0.3 is 0 Å². The van der Waals surface area contributed by atoms with Crippen molar-refractivity contribution in [3.05, 3.63) is 35.9 Å². The SMILES string of the molecule is COc1ccc(F)cc1-c1ncc(N)c(C)n1. The van der Waals surface area contributed by atoms with E-state index >= 15 is 0 Å². The number of nitrogen functional groups attached to an aromatic ring is 1. The van der Waals surface area contributed by atoms with E-state index in [0.29, 0.717) is 28.5 Å². The van der Waals surface area contributed by atoms with Gasteiger partial charge in [-0.1, -0.05) is 0 Å². The van der Waals surface area contributed by atoms with Crippen LogP contribution in [0.3, 0.4) is 0 Å². The molecule has 4 nitrogen and oxygen atoms in total. The number of halogens is 1. The van der Waals surface area contributed by atoms with Crippen molar-refractivity contribution < 1.29 is 9.13 Å². The second-order valence-electron chi connectivity index (χ2n) is 3.58. The Hall–Kier alpha value is -2.17. The molecule has 0 spiro atoms. The van der Waals surface area contributed by atoms with Crippen LogP contribution in [0.15, 0.2) is 24.4 Å². The van der Waals surface area contributed by atoms with Crippen molar-refractivity contribution in [2.75, 3.05) is 12.8 Å². The summed E-state index contributed by atoms with van der Waals surface area (Å²) in [5, 5.41) is 0. The molecule has 2 aromatic rings. The number of rotatable bonds is 2. The number of ether oxygens (including phenoxy) is 1. The molecule has 0 aliphatic heterocycles. The standard InChI is InChI=1S/C12H12FN3O/c1-7-10(14)6-15-12(16-7)9-5-8(13)3-4-11(9)17-2/h3-6H,14H2,1-2H3. The van der Waals surface area contributed by atoms with Crippen LogP contribution in [0, 0.1) is 12.7 Å². The van der Waals surface area contributed by atoms with Crippen LogP contribution in [-0.4, -0.2) is 17.1 Å². The van der Waals surface area contributed by atoms with E-state index in [-0.39, 0.29) is 5.82 Å². The van der Waals surface area contributed by atoms with Crippen LogP contribution < -0.4 is 10.5 Å². The quantitative estimate of drug-likeness (QED) is 0.863. The largest absolute Gasteiger partial charge is 0.496 e. The highest BCUT2D eigenvalue weighted by Gasteiger charge is 2.10. The number of aromatic nitrogens is 2. The second kappa shape index (κ2) is 4.37. The summed E-state index contributed by atoms with van der Waals surface area (Å²) >= 11 is 0. The number of aryl methyl sites for hydroxylation is 1. The van der Waals surface area contributed by atoms with Gasteiger partial charge in [0.1, 0.15) is 11.6 Å². The third-order valence-corrected chi connectivity index (χ3v) is 2.42. The summed E-state index contributed by atoms with van der Waals surface area (Å²) in [5.41, 5.74) is 7.30. The molecule has 0 amide bonds. The van der Waals surface area contributed by atoms with Crippen LogP contribution in [0.4, 0.5) is 10.1 Å². The van der Waals surface area contributed by atoms with E-state index in [9.17, 15) is 4.39 Å². The summed E-state index contributed by atoms with van der Waals surface area (Å²) in [4.78, 5) is 8.29. The fraction of sp³-hybridized carbons (Fsp3) is 0.167. The van der Waals surface area contributed by atoms with E-state index in [4.69, 9.17) is 10.5 Å². The molecule has 0 aliphatic rings. The van der Waals surface area contributed by atoms with Crippen LogP contribution >= 0.6 is 0 Å². The van der Waals surface area contributed by atoms with E-state index in [0.717, 1.165) is 0 Å². The van der Waals surface area contributed by atoms with Gasteiger partial charge in [-0.25, -0.2) is 14.4 Å². The Morgan fingerprint density at radius 1 is 1.35 bits per heavy atom. The Kier molecular flexibility index (Phi) is 2.91. The van der Waals surface area contributed by atoms with E-state index < -0.39 is 0 Å². The highest BCUT2D eigenvalue weighted by Crippen LogP contribution is 2.28. The summed E-state index contributed by atoms with van der Waals surface area (Å²) in [5.74, 6) is 0.558. The first-order chi connectivity index (χ1) is 8.11. The van der Waals surface area contributed by atoms with Crippen LogP contribution in [0.1, 0.15) is 5.69 Å². The molecular formula is C12H12FN3O. The maximum Gasteiger partial charge on any atom is 0.163 e. The minimum Gasteiger partial charge on any atom is -0.496 e. The Balaban J connectivity index is 2.58. The van der Waals surface area contributed by atoms with Gasteiger partial charge in [0.2, 0.25) is 0 Å². The Morgan fingerprint density at radius 2 is 2.12 bits per heavy atom. The van der Waals surface area contributed by atoms with Gasteiger partial charge in [0.25, 0.3) is 0 Å². The fourth-order valence-corrected chi connectivity index (χ4v) is 1.46. The zero-order valence-electron chi connectivity index (χ0n) is 9.57. The molecule has 2 N–H and O–H groups in total. The van der Waals surface area contributed by atoms with Crippen LogP contribution in [0.5, 0.6) is 5.75 Å². The predicted octanol–water partition coefficient (Wildman–Crippen LogP) is 2.18. The molecule has 0 unspecified atom stereocenters. The lowest BCUT2D eigenvalue weighted by molar-refractivity contribution is 0.415. The summed E-state index contributed by atoms with van der Waals surface area (Å²) in [6, 6.07) is 4.20. The molecular weight excluding hydrogens is 221 g/mol. The van der Waals surface area contributed by atoms with Crippen LogP contribution in [-0.2, 0) is 0 Å². The van der Waals surface area contributed by atoms with Crippen molar-refractivity contribution in [3.8, 4) is 17.1 Å². The molecule has 2 rings (SSSR count). The summed E-state index contributed by atoms with van der Waals surface area (Å²) in [7, 11) is 1.51. The van der Waals surface area contributed by atoms with Gasteiger partial charge in [-0.05, 0) is 25.1 Å². The third kappa shape index (κ3) is 2.18. The Morgan fingerprint density at radius 3 is 2.76 bits per heavy atom. The van der Waals surface area contributed by atoms with Gasteiger partial charge in [0, 0.05) is 0 Å². The Labute approximate surface area is 98.3 Å². The maximum absolute atomic E-state index is 13.2. The molecule has 0 aliphatic carbocycles. The second-order valence-corrected chi connectivity index (χ2v) is 3.58. The van der Waals surface area contributed by atoms with Crippen LogP contribution in [0.2, 0.25) is 0 Å². The van der Waals surface area contributed by atoms with Crippen molar-refractivity contribution in [2.24, 2.45) is 0 Å². The van der Waals surface area contributed by atoms with Crippen molar-refractivity contribution >= 4 is 5.69 Å². The van der Waals surface area contributed by atoms with Gasteiger partial charge in [-0.3, -0.25) is 0 Å². The first-order valence-electron chi connectivity index (χ1n) is 5.05. The number of anilines is 1. The predicted molar refractivity (Wildman–Crippen MR) is 63.1 cm³/mol. The van der Waals surface area contributed by atoms with E-state index in [1.54, 1.807) is 13.0 Å². The van der Waals surface area contributed by atoms with Crippen molar-refractivity contribution in [3.63, 3.8) is 0 Å². The van der Waals surface area contributed by atoms with Crippen molar-refractivity contribution in [2.45, 2.75) is 6.92 Å². The third-order valence-electron chi connectivity index (χ3n) is 2.42. The molecule has 0 saturated carbocycles. The molecule has 0 bridgehead atoms. The van der Waals surface area contributed by atoms with Gasteiger partial charge in [0.15, 0.2) is 5.82 Å². The summed E-state index contributed by atoms with van der Waals surface area (Å²) in [6.07, 6.45) is 1.50. The zero-order chi connectivity index (χ0) is 12.4. The topological polar surface area (TPSA) is 61.0 Å². The lowest BCUT2D eigenvalue weighted by Gasteiger charge is -2.08. The van der Waals surface area contributed by atoms with Crippen molar-refractivity contribution in [1.82, 2.24) is 9.97 Å². The highest BCUT2D eigenvalue weighted by atomic mass is 19.1. The molecule has 0 saturated heterocycles. The van der Waals surface area contributed by atoms with Crippen LogP contribution in [0.25, 0.3) is 11.4 Å². The average Bonchev–Trinajstić information content (AvgIpc) is 2.32. The molecule has 17 heavy (non-hydrogen) atoms. The lowest BCUT2D eigenvalue weighted by Crippen LogP contribution is -1.99. The normalized spacial score (nSPS) is 10.3. The molecule has 5 heteroatoms. The molecule has 88 valence electrons. The molecule has 0 atom stereocenters. The van der Waals surface area contributed by atoms with Gasteiger partial charge in [0.05, 0.1) is 30.3 Å². The molecule has 1 aromatic carbocycles. The van der Waals surface area contributed by atoms with Gasteiger partial charge in [-0.2, -0.15) is 0 Å². The molecule has 0 radical (unpaired) electrons. The lowest BCUT2D eigenvalue weighted by atomic mass is 10.1. The first-order valence-corrected chi connectivity index (χ1v) is 5.05. The number of hydrogen-bond acceptors (Lipinski definition) is 4. The van der Waals surface area contributed by atoms with E-state index in [1.165, 1.54) is 25.4 Å². The number of hydrogen-bond donors (Lipinski definition) is 1. The number of nitrogens with zero attached hydrogens (tertiary/aromatic N) is 2. The first kappa shape index (κ1) is 11.3. The minimum absolute atomic E-state index is 0.362. The smallest absolute Gasteiger partial charge is 0.163 e. The molecule has 0 fully saturated rings. The minimum atomic E-state index is -0.362. The zero-order valence-corrected chi connectivity index (χ0v) is 9.57.